The summed E-state index contributed by atoms with van der Waals surface area (Å²) in [4.78, 5) is 26.3. The van der Waals surface area contributed by atoms with Crippen LogP contribution < -0.4 is 4.90 Å². The summed E-state index contributed by atoms with van der Waals surface area (Å²) in [5, 5.41) is 3.18. The number of rotatable bonds is 4. The fraction of sp³-hybridized carbons (Fsp3) is 0.333. The molecule has 0 aliphatic carbocycles. The van der Waals surface area contributed by atoms with Crippen molar-refractivity contribution in [1.82, 2.24) is 15.0 Å². The minimum atomic E-state index is -0.0114. The van der Waals surface area contributed by atoms with Gasteiger partial charge in [-0.2, -0.15) is 0 Å². The first kappa shape index (κ1) is 14.0. The number of amides is 1. The minimum Gasteiger partial charge on any atom is -0.291 e. The summed E-state index contributed by atoms with van der Waals surface area (Å²) < 4.78 is 0. The standard InChI is InChI=1S/C12H14N4OS2/c1-8-6-9(2)15-11(14-8)19-7-10(17)16(3)12-13-4-5-18-12/h4-6H,7H2,1-3H3. The molecule has 0 aromatic carbocycles. The maximum atomic E-state index is 12.0. The second-order valence-corrected chi connectivity index (χ2v) is 5.80. The molecule has 0 atom stereocenters. The van der Waals surface area contributed by atoms with Gasteiger partial charge in [-0.15, -0.1) is 11.3 Å². The first-order valence-electron chi connectivity index (χ1n) is 5.67. The highest BCUT2D eigenvalue weighted by Crippen LogP contribution is 2.19. The minimum absolute atomic E-state index is 0.0114. The molecule has 2 heterocycles. The summed E-state index contributed by atoms with van der Waals surface area (Å²) in [7, 11) is 1.73. The fourth-order valence-corrected chi connectivity index (χ4v) is 2.96. The molecular weight excluding hydrogens is 280 g/mol. The van der Waals surface area contributed by atoms with E-state index in [1.165, 1.54) is 23.1 Å². The molecule has 5 nitrogen and oxygen atoms in total. The van der Waals surface area contributed by atoms with Gasteiger partial charge in [-0.3, -0.25) is 9.69 Å². The summed E-state index contributed by atoms with van der Waals surface area (Å²) in [5.74, 6) is 0.293. The van der Waals surface area contributed by atoms with Crippen LogP contribution >= 0.6 is 23.1 Å². The Balaban J connectivity index is 1.96. The molecule has 0 unspecified atom stereocenters. The van der Waals surface area contributed by atoms with Gasteiger partial charge < -0.3 is 0 Å². The Morgan fingerprint density at radius 3 is 2.63 bits per heavy atom. The van der Waals surface area contributed by atoms with Gasteiger partial charge in [0.15, 0.2) is 10.3 Å². The van der Waals surface area contributed by atoms with E-state index in [-0.39, 0.29) is 5.91 Å². The predicted molar refractivity (Wildman–Crippen MR) is 77.8 cm³/mol. The lowest BCUT2D eigenvalue weighted by atomic mass is 10.4. The Morgan fingerprint density at radius 1 is 1.37 bits per heavy atom. The SMILES string of the molecule is Cc1cc(C)nc(SCC(=O)N(C)c2nccs2)n1. The van der Waals surface area contributed by atoms with Gasteiger partial charge in [0, 0.05) is 30.0 Å². The van der Waals surface area contributed by atoms with Crippen LogP contribution in [0.25, 0.3) is 0 Å². The molecule has 0 saturated heterocycles. The van der Waals surface area contributed by atoms with E-state index in [9.17, 15) is 4.79 Å². The molecule has 19 heavy (non-hydrogen) atoms. The van der Waals surface area contributed by atoms with Crippen LogP contribution in [0.15, 0.2) is 22.8 Å². The lowest BCUT2D eigenvalue weighted by Crippen LogP contribution is -2.27. The van der Waals surface area contributed by atoms with E-state index in [0.717, 1.165) is 11.4 Å². The molecule has 1 amide bonds. The van der Waals surface area contributed by atoms with Crippen LogP contribution in [0.5, 0.6) is 0 Å². The van der Waals surface area contributed by atoms with Crippen LogP contribution in [0.4, 0.5) is 5.13 Å². The summed E-state index contributed by atoms with van der Waals surface area (Å²) in [5.41, 5.74) is 1.83. The molecule has 0 N–H and O–H groups in total. The van der Waals surface area contributed by atoms with Crippen LogP contribution in [0.3, 0.4) is 0 Å². The van der Waals surface area contributed by atoms with E-state index in [4.69, 9.17) is 0 Å². The van der Waals surface area contributed by atoms with Crippen molar-refractivity contribution in [3.05, 3.63) is 29.0 Å². The number of hydrogen-bond acceptors (Lipinski definition) is 6. The molecule has 0 aliphatic rings. The molecule has 0 spiro atoms. The van der Waals surface area contributed by atoms with Crippen molar-refractivity contribution in [3.63, 3.8) is 0 Å². The molecular formula is C12H14N4OS2. The number of anilines is 1. The molecule has 2 aromatic heterocycles. The lowest BCUT2D eigenvalue weighted by molar-refractivity contribution is -0.115. The van der Waals surface area contributed by atoms with E-state index in [1.54, 1.807) is 18.1 Å². The van der Waals surface area contributed by atoms with E-state index >= 15 is 0 Å². The largest absolute Gasteiger partial charge is 0.291 e. The predicted octanol–water partition coefficient (Wildman–Crippen LogP) is 2.31. The topological polar surface area (TPSA) is 59.0 Å². The zero-order valence-corrected chi connectivity index (χ0v) is 12.6. The zero-order valence-electron chi connectivity index (χ0n) is 11.0. The molecule has 100 valence electrons. The Hall–Kier alpha value is -1.47. The third kappa shape index (κ3) is 3.74. The lowest BCUT2D eigenvalue weighted by Gasteiger charge is -2.12. The first-order valence-corrected chi connectivity index (χ1v) is 7.54. The van der Waals surface area contributed by atoms with Gasteiger partial charge in [0.05, 0.1) is 5.75 Å². The Labute approximate surface area is 120 Å². The van der Waals surface area contributed by atoms with Crippen molar-refractivity contribution in [2.24, 2.45) is 0 Å². The number of carbonyl (C=O) groups excluding carboxylic acids is 1. The van der Waals surface area contributed by atoms with Crippen LogP contribution in [-0.2, 0) is 4.79 Å². The molecule has 0 bridgehead atoms. The maximum Gasteiger partial charge on any atom is 0.238 e. The van der Waals surface area contributed by atoms with Gasteiger partial charge in [0.25, 0.3) is 0 Å². The normalized spacial score (nSPS) is 10.5. The van der Waals surface area contributed by atoms with Crippen LogP contribution in [-0.4, -0.2) is 33.7 Å². The average molecular weight is 294 g/mol. The second-order valence-electron chi connectivity index (χ2n) is 3.99. The number of hydrogen-bond donors (Lipinski definition) is 0. The number of carbonyl (C=O) groups is 1. The molecule has 0 aliphatic heterocycles. The number of thiazole rings is 1. The molecule has 0 radical (unpaired) electrons. The summed E-state index contributed by atoms with van der Waals surface area (Å²) in [6.07, 6.45) is 1.68. The van der Waals surface area contributed by atoms with Gasteiger partial charge in [-0.05, 0) is 19.9 Å². The Morgan fingerprint density at radius 2 is 2.05 bits per heavy atom. The van der Waals surface area contributed by atoms with Crippen molar-refractivity contribution in [1.29, 1.82) is 0 Å². The summed E-state index contributed by atoms with van der Waals surface area (Å²) in [6, 6.07) is 1.91. The second kappa shape index (κ2) is 6.12. The van der Waals surface area contributed by atoms with E-state index in [2.05, 4.69) is 15.0 Å². The van der Waals surface area contributed by atoms with Crippen LogP contribution in [0.2, 0.25) is 0 Å². The molecule has 2 rings (SSSR count). The zero-order chi connectivity index (χ0) is 13.8. The average Bonchev–Trinajstić information content (AvgIpc) is 2.87. The first-order chi connectivity index (χ1) is 9.06. The Kier molecular flexibility index (Phi) is 4.49. The summed E-state index contributed by atoms with van der Waals surface area (Å²) in [6.45, 7) is 3.84. The van der Waals surface area contributed by atoms with Crippen molar-refractivity contribution in [3.8, 4) is 0 Å². The van der Waals surface area contributed by atoms with Crippen molar-refractivity contribution in [2.75, 3.05) is 17.7 Å². The number of thioether (sulfide) groups is 1. The van der Waals surface area contributed by atoms with E-state index < -0.39 is 0 Å². The van der Waals surface area contributed by atoms with Gasteiger partial charge in [0.1, 0.15) is 0 Å². The van der Waals surface area contributed by atoms with Gasteiger partial charge in [0.2, 0.25) is 5.91 Å². The highest BCUT2D eigenvalue weighted by molar-refractivity contribution is 7.99. The number of aromatic nitrogens is 3. The van der Waals surface area contributed by atoms with Gasteiger partial charge in [-0.25, -0.2) is 15.0 Å². The smallest absolute Gasteiger partial charge is 0.238 e. The number of nitrogens with zero attached hydrogens (tertiary/aromatic N) is 4. The van der Waals surface area contributed by atoms with Crippen LogP contribution in [0.1, 0.15) is 11.4 Å². The maximum absolute atomic E-state index is 12.0. The molecule has 2 aromatic rings. The molecule has 0 fully saturated rings. The highest BCUT2D eigenvalue weighted by atomic mass is 32.2. The third-order valence-corrected chi connectivity index (χ3v) is 4.05. The monoisotopic (exact) mass is 294 g/mol. The Bertz CT molecular complexity index is 551. The van der Waals surface area contributed by atoms with Gasteiger partial charge in [-0.1, -0.05) is 11.8 Å². The van der Waals surface area contributed by atoms with E-state index in [0.29, 0.717) is 16.0 Å². The van der Waals surface area contributed by atoms with Crippen molar-refractivity contribution >= 4 is 34.1 Å². The highest BCUT2D eigenvalue weighted by Gasteiger charge is 2.14. The van der Waals surface area contributed by atoms with Crippen molar-refractivity contribution < 1.29 is 4.79 Å². The molecule has 0 saturated carbocycles. The molecule has 7 heteroatoms. The van der Waals surface area contributed by atoms with E-state index in [1.807, 2.05) is 25.3 Å². The third-order valence-electron chi connectivity index (χ3n) is 2.37. The van der Waals surface area contributed by atoms with Crippen molar-refractivity contribution in [2.45, 2.75) is 19.0 Å². The quantitative estimate of drug-likeness (QED) is 0.639. The fourth-order valence-electron chi connectivity index (χ4n) is 1.47. The van der Waals surface area contributed by atoms with Gasteiger partial charge >= 0.3 is 0 Å². The summed E-state index contributed by atoms with van der Waals surface area (Å²) >= 11 is 2.79. The van der Waals surface area contributed by atoms with Crippen LogP contribution in [0, 0.1) is 13.8 Å². The number of aryl methyl sites for hydroxylation is 2.